The number of carbonyl (C=O) groups excluding carboxylic acids is 1. The SMILES string of the molecule is CC(NC(=O)c1cccc([N+](=O)[O-])c1Br)c1ncc[nH]1. The van der Waals surface area contributed by atoms with Gasteiger partial charge in [-0.1, -0.05) is 6.07 Å². The summed E-state index contributed by atoms with van der Waals surface area (Å²) in [7, 11) is 0. The zero-order valence-electron chi connectivity index (χ0n) is 10.5. The molecule has 104 valence electrons. The topological polar surface area (TPSA) is 101 Å². The summed E-state index contributed by atoms with van der Waals surface area (Å²) in [6, 6.07) is 3.98. The highest BCUT2D eigenvalue weighted by Crippen LogP contribution is 2.28. The first kappa shape index (κ1) is 14.2. The van der Waals surface area contributed by atoms with Crippen LogP contribution in [0.25, 0.3) is 0 Å². The molecule has 0 saturated heterocycles. The van der Waals surface area contributed by atoms with Crippen molar-refractivity contribution in [2.24, 2.45) is 0 Å². The number of aromatic amines is 1. The number of aromatic nitrogens is 2. The molecule has 2 N–H and O–H groups in total. The Morgan fingerprint density at radius 2 is 2.30 bits per heavy atom. The Morgan fingerprint density at radius 1 is 1.55 bits per heavy atom. The molecule has 1 aromatic heterocycles. The fourth-order valence-electron chi connectivity index (χ4n) is 1.69. The summed E-state index contributed by atoms with van der Waals surface area (Å²) in [4.78, 5) is 29.4. The number of imidazole rings is 1. The van der Waals surface area contributed by atoms with E-state index in [4.69, 9.17) is 0 Å². The molecule has 0 spiro atoms. The Kier molecular flexibility index (Phi) is 4.14. The van der Waals surface area contributed by atoms with Crippen molar-refractivity contribution in [3.05, 3.63) is 56.6 Å². The van der Waals surface area contributed by atoms with Crippen molar-refractivity contribution in [1.82, 2.24) is 15.3 Å². The van der Waals surface area contributed by atoms with Crippen LogP contribution in [0, 0.1) is 10.1 Å². The third-order valence-electron chi connectivity index (χ3n) is 2.70. The van der Waals surface area contributed by atoms with Crippen molar-refractivity contribution in [3.8, 4) is 0 Å². The molecule has 0 fully saturated rings. The largest absolute Gasteiger partial charge is 0.347 e. The molecule has 1 amide bonds. The summed E-state index contributed by atoms with van der Waals surface area (Å²) in [6.45, 7) is 1.77. The van der Waals surface area contributed by atoms with Crippen LogP contribution < -0.4 is 5.32 Å². The maximum Gasteiger partial charge on any atom is 0.284 e. The Hall–Kier alpha value is -2.22. The number of nitrogens with zero attached hydrogens (tertiary/aromatic N) is 2. The molecule has 0 aliphatic rings. The van der Waals surface area contributed by atoms with Gasteiger partial charge >= 0.3 is 0 Å². The van der Waals surface area contributed by atoms with Gasteiger partial charge in [-0.05, 0) is 28.9 Å². The summed E-state index contributed by atoms with van der Waals surface area (Å²) in [5.74, 6) is 0.198. The van der Waals surface area contributed by atoms with Gasteiger partial charge in [0.15, 0.2) is 0 Å². The molecule has 1 aromatic carbocycles. The van der Waals surface area contributed by atoms with E-state index < -0.39 is 10.8 Å². The lowest BCUT2D eigenvalue weighted by Gasteiger charge is -2.12. The lowest BCUT2D eigenvalue weighted by molar-refractivity contribution is -0.385. The van der Waals surface area contributed by atoms with Crippen LogP contribution in [0.5, 0.6) is 0 Å². The van der Waals surface area contributed by atoms with Gasteiger partial charge in [0, 0.05) is 18.5 Å². The fraction of sp³-hybridized carbons (Fsp3) is 0.167. The van der Waals surface area contributed by atoms with E-state index in [-0.39, 0.29) is 21.8 Å². The highest BCUT2D eigenvalue weighted by atomic mass is 79.9. The first-order valence-electron chi connectivity index (χ1n) is 5.73. The van der Waals surface area contributed by atoms with Crippen molar-refractivity contribution >= 4 is 27.5 Å². The Morgan fingerprint density at radius 3 is 2.90 bits per heavy atom. The minimum Gasteiger partial charge on any atom is -0.347 e. The molecule has 20 heavy (non-hydrogen) atoms. The number of carbonyl (C=O) groups is 1. The molecular formula is C12H11BrN4O3. The number of nitro benzene ring substituents is 1. The van der Waals surface area contributed by atoms with E-state index >= 15 is 0 Å². The van der Waals surface area contributed by atoms with Crippen molar-refractivity contribution in [2.45, 2.75) is 13.0 Å². The molecule has 2 aromatic rings. The molecule has 0 radical (unpaired) electrons. The molecule has 0 saturated carbocycles. The van der Waals surface area contributed by atoms with Crippen LogP contribution in [0.1, 0.15) is 29.1 Å². The van der Waals surface area contributed by atoms with Crippen LogP contribution in [0.15, 0.2) is 35.1 Å². The van der Waals surface area contributed by atoms with E-state index in [1.54, 1.807) is 19.3 Å². The summed E-state index contributed by atoms with van der Waals surface area (Å²) < 4.78 is 0.161. The maximum atomic E-state index is 12.1. The van der Waals surface area contributed by atoms with Gasteiger partial charge < -0.3 is 10.3 Å². The number of rotatable bonds is 4. The minimum absolute atomic E-state index is 0.150. The van der Waals surface area contributed by atoms with Gasteiger partial charge in [0.1, 0.15) is 10.3 Å². The van der Waals surface area contributed by atoms with Gasteiger partial charge in [0.25, 0.3) is 11.6 Å². The number of H-pyrrole nitrogens is 1. The van der Waals surface area contributed by atoms with Gasteiger partial charge in [-0.3, -0.25) is 14.9 Å². The Bertz CT molecular complexity index is 642. The summed E-state index contributed by atoms with van der Waals surface area (Å²) >= 11 is 3.10. The monoisotopic (exact) mass is 338 g/mol. The molecular weight excluding hydrogens is 328 g/mol. The molecule has 0 aliphatic heterocycles. The van der Waals surface area contributed by atoms with E-state index in [1.807, 2.05) is 0 Å². The number of hydrogen-bond donors (Lipinski definition) is 2. The average Bonchev–Trinajstić information content (AvgIpc) is 2.92. The second-order valence-corrected chi connectivity index (χ2v) is 4.86. The van der Waals surface area contributed by atoms with Crippen molar-refractivity contribution < 1.29 is 9.72 Å². The number of hydrogen-bond acceptors (Lipinski definition) is 4. The number of amides is 1. The standard InChI is InChI=1S/C12H11BrN4O3/c1-7(11-14-5-6-15-11)16-12(18)8-3-2-4-9(10(8)13)17(19)20/h2-7H,1H3,(H,14,15)(H,16,18). The van der Waals surface area contributed by atoms with Crippen molar-refractivity contribution in [3.63, 3.8) is 0 Å². The molecule has 2 rings (SSSR count). The number of halogens is 1. The lowest BCUT2D eigenvalue weighted by Crippen LogP contribution is -2.27. The summed E-state index contributed by atoms with van der Waals surface area (Å²) in [5.41, 5.74) is 0.0564. The molecule has 0 bridgehead atoms. The predicted octanol–water partition coefficient (Wildman–Crippen LogP) is 2.57. The normalized spacial score (nSPS) is 11.9. The van der Waals surface area contributed by atoms with E-state index in [2.05, 4.69) is 31.2 Å². The van der Waals surface area contributed by atoms with E-state index in [9.17, 15) is 14.9 Å². The molecule has 0 aliphatic carbocycles. The van der Waals surface area contributed by atoms with Crippen LogP contribution in [-0.2, 0) is 0 Å². The van der Waals surface area contributed by atoms with Gasteiger partial charge in [-0.2, -0.15) is 0 Å². The fourth-order valence-corrected chi connectivity index (χ4v) is 2.28. The van der Waals surface area contributed by atoms with Crippen molar-refractivity contribution in [1.29, 1.82) is 0 Å². The first-order chi connectivity index (χ1) is 9.50. The quantitative estimate of drug-likeness (QED) is 0.660. The Balaban J connectivity index is 2.22. The van der Waals surface area contributed by atoms with E-state index in [1.165, 1.54) is 18.2 Å². The second kappa shape index (κ2) is 5.83. The van der Waals surface area contributed by atoms with E-state index in [0.29, 0.717) is 5.82 Å². The highest BCUT2D eigenvalue weighted by Gasteiger charge is 2.21. The van der Waals surface area contributed by atoms with E-state index in [0.717, 1.165) is 0 Å². The molecule has 1 heterocycles. The number of nitro groups is 1. The average molecular weight is 339 g/mol. The predicted molar refractivity (Wildman–Crippen MR) is 75.3 cm³/mol. The molecule has 8 heteroatoms. The second-order valence-electron chi connectivity index (χ2n) is 4.07. The van der Waals surface area contributed by atoms with Crippen LogP contribution in [0.2, 0.25) is 0 Å². The zero-order valence-corrected chi connectivity index (χ0v) is 12.0. The van der Waals surface area contributed by atoms with Crippen LogP contribution in [0.4, 0.5) is 5.69 Å². The molecule has 1 unspecified atom stereocenters. The van der Waals surface area contributed by atoms with Crippen LogP contribution >= 0.6 is 15.9 Å². The number of nitrogens with one attached hydrogen (secondary N) is 2. The van der Waals surface area contributed by atoms with Gasteiger partial charge in [-0.15, -0.1) is 0 Å². The molecule has 1 atom stereocenters. The third-order valence-corrected chi connectivity index (χ3v) is 3.53. The van der Waals surface area contributed by atoms with Crippen LogP contribution in [-0.4, -0.2) is 20.8 Å². The number of benzene rings is 1. The van der Waals surface area contributed by atoms with Crippen molar-refractivity contribution in [2.75, 3.05) is 0 Å². The van der Waals surface area contributed by atoms with Gasteiger partial charge in [0.05, 0.1) is 16.5 Å². The summed E-state index contributed by atoms with van der Waals surface area (Å²) in [6.07, 6.45) is 3.24. The maximum absolute atomic E-state index is 12.1. The van der Waals surface area contributed by atoms with Gasteiger partial charge in [0.2, 0.25) is 0 Å². The zero-order chi connectivity index (χ0) is 14.7. The Labute approximate surface area is 122 Å². The van der Waals surface area contributed by atoms with Gasteiger partial charge in [-0.25, -0.2) is 4.98 Å². The first-order valence-corrected chi connectivity index (χ1v) is 6.53. The lowest BCUT2D eigenvalue weighted by atomic mass is 10.1. The smallest absolute Gasteiger partial charge is 0.284 e. The third kappa shape index (κ3) is 2.85. The highest BCUT2D eigenvalue weighted by molar-refractivity contribution is 9.10. The van der Waals surface area contributed by atoms with Crippen LogP contribution in [0.3, 0.4) is 0 Å². The molecule has 7 nitrogen and oxygen atoms in total. The minimum atomic E-state index is -0.545. The summed E-state index contributed by atoms with van der Waals surface area (Å²) in [5, 5.41) is 13.6.